The Morgan fingerprint density at radius 2 is 2.22 bits per heavy atom. The maximum absolute atomic E-state index is 11.2. The average molecular weight is 314 g/mol. The van der Waals surface area contributed by atoms with Gasteiger partial charge >= 0.3 is 5.97 Å². The normalized spacial score (nSPS) is 12.2. The average Bonchev–Trinajstić information content (AvgIpc) is 2.31. The highest BCUT2D eigenvalue weighted by molar-refractivity contribution is 9.10. The highest BCUT2D eigenvalue weighted by atomic mass is 79.9. The first-order valence-corrected chi connectivity index (χ1v) is 6.98. The summed E-state index contributed by atoms with van der Waals surface area (Å²) in [5.74, 6) is -0.170. The first-order chi connectivity index (χ1) is 8.52. The van der Waals surface area contributed by atoms with Crippen molar-refractivity contribution in [1.29, 1.82) is 0 Å². The number of carbonyl (C=O) groups is 1. The number of ether oxygens (including phenoxy) is 1. The SMILES string of the molecule is CCOC(=O)CCC(N)Cc1ccc(C)cc1Br. The lowest BCUT2D eigenvalue weighted by Gasteiger charge is -2.12. The lowest BCUT2D eigenvalue weighted by atomic mass is 10.0. The van der Waals surface area contributed by atoms with E-state index in [0.717, 1.165) is 10.9 Å². The van der Waals surface area contributed by atoms with Crippen molar-refractivity contribution in [2.45, 2.75) is 39.2 Å². The molecule has 0 heterocycles. The molecule has 1 aromatic rings. The molecule has 0 amide bonds. The van der Waals surface area contributed by atoms with E-state index in [4.69, 9.17) is 10.5 Å². The van der Waals surface area contributed by atoms with E-state index in [1.165, 1.54) is 11.1 Å². The highest BCUT2D eigenvalue weighted by Crippen LogP contribution is 2.20. The predicted octanol–water partition coefficient (Wildman–Crippen LogP) is 2.97. The van der Waals surface area contributed by atoms with Crippen LogP contribution in [0.1, 0.15) is 30.9 Å². The molecule has 4 heteroatoms. The molecule has 0 aliphatic heterocycles. The summed E-state index contributed by atoms with van der Waals surface area (Å²) >= 11 is 3.53. The Balaban J connectivity index is 2.44. The van der Waals surface area contributed by atoms with Crippen molar-refractivity contribution in [1.82, 2.24) is 0 Å². The predicted molar refractivity (Wildman–Crippen MR) is 76.4 cm³/mol. The van der Waals surface area contributed by atoms with Crippen molar-refractivity contribution in [3.8, 4) is 0 Å². The van der Waals surface area contributed by atoms with Crippen LogP contribution in [-0.4, -0.2) is 18.6 Å². The van der Waals surface area contributed by atoms with Gasteiger partial charge in [0, 0.05) is 16.9 Å². The molecule has 1 atom stereocenters. The number of aryl methyl sites for hydroxylation is 1. The van der Waals surface area contributed by atoms with Crippen LogP contribution in [0.2, 0.25) is 0 Å². The summed E-state index contributed by atoms with van der Waals surface area (Å²) < 4.78 is 5.96. The van der Waals surface area contributed by atoms with Crippen LogP contribution in [-0.2, 0) is 16.0 Å². The maximum atomic E-state index is 11.2. The second kappa shape index (κ2) is 7.54. The van der Waals surface area contributed by atoms with E-state index < -0.39 is 0 Å². The molecular weight excluding hydrogens is 294 g/mol. The Bertz CT molecular complexity index is 407. The number of nitrogens with two attached hydrogens (primary N) is 1. The van der Waals surface area contributed by atoms with Gasteiger partial charge in [0.25, 0.3) is 0 Å². The van der Waals surface area contributed by atoms with Gasteiger partial charge in [-0.25, -0.2) is 0 Å². The minimum absolute atomic E-state index is 0.0200. The molecule has 100 valence electrons. The Hall–Kier alpha value is -0.870. The summed E-state index contributed by atoms with van der Waals surface area (Å²) in [4.78, 5) is 11.2. The Morgan fingerprint density at radius 1 is 1.50 bits per heavy atom. The highest BCUT2D eigenvalue weighted by Gasteiger charge is 2.10. The van der Waals surface area contributed by atoms with E-state index in [1.54, 1.807) is 6.92 Å². The molecule has 2 N–H and O–H groups in total. The summed E-state index contributed by atoms with van der Waals surface area (Å²) in [5, 5.41) is 0. The van der Waals surface area contributed by atoms with Gasteiger partial charge in [-0.15, -0.1) is 0 Å². The zero-order valence-electron chi connectivity index (χ0n) is 10.9. The van der Waals surface area contributed by atoms with Crippen LogP contribution in [0, 0.1) is 6.92 Å². The van der Waals surface area contributed by atoms with Gasteiger partial charge in [0.15, 0.2) is 0 Å². The smallest absolute Gasteiger partial charge is 0.305 e. The van der Waals surface area contributed by atoms with Crippen molar-refractivity contribution in [2.75, 3.05) is 6.61 Å². The van der Waals surface area contributed by atoms with Gasteiger partial charge in [-0.05, 0) is 43.9 Å². The molecule has 0 saturated heterocycles. The van der Waals surface area contributed by atoms with Crippen LogP contribution in [0.3, 0.4) is 0 Å². The van der Waals surface area contributed by atoms with E-state index >= 15 is 0 Å². The molecule has 1 unspecified atom stereocenters. The monoisotopic (exact) mass is 313 g/mol. The van der Waals surface area contributed by atoms with E-state index in [-0.39, 0.29) is 12.0 Å². The summed E-state index contributed by atoms with van der Waals surface area (Å²) in [7, 11) is 0. The number of hydrogen-bond acceptors (Lipinski definition) is 3. The van der Waals surface area contributed by atoms with Gasteiger partial charge in [0.2, 0.25) is 0 Å². The lowest BCUT2D eigenvalue weighted by Crippen LogP contribution is -2.24. The Morgan fingerprint density at radius 3 is 2.83 bits per heavy atom. The molecule has 0 radical (unpaired) electrons. The fraction of sp³-hybridized carbons (Fsp3) is 0.500. The Labute approximate surface area is 117 Å². The number of hydrogen-bond donors (Lipinski definition) is 1. The van der Waals surface area contributed by atoms with Crippen LogP contribution in [0.25, 0.3) is 0 Å². The molecule has 0 bridgehead atoms. The Kier molecular flexibility index (Phi) is 6.36. The van der Waals surface area contributed by atoms with Gasteiger partial charge in [0.1, 0.15) is 0 Å². The third-order valence-corrected chi connectivity index (χ3v) is 3.45. The molecule has 0 aliphatic rings. The molecule has 0 aromatic heterocycles. The summed E-state index contributed by atoms with van der Waals surface area (Å²) in [6.07, 6.45) is 1.80. The number of rotatable bonds is 6. The van der Waals surface area contributed by atoms with Crippen molar-refractivity contribution in [3.63, 3.8) is 0 Å². The first kappa shape index (κ1) is 15.2. The second-order valence-corrected chi connectivity index (χ2v) is 5.26. The second-order valence-electron chi connectivity index (χ2n) is 4.40. The van der Waals surface area contributed by atoms with E-state index in [0.29, 0.717) is 19.4 Å². The van der Waals surface area contributed by atoms with Crippen LogP contribution in [0.5, 0.6) is 0 Å². The topological polar surface area (TPSA) is 52.3 Å². The van der Waals surface area contributed by atoms with E-state index in [9.17, 15) is 4.79 Å². The molecule has 0 spiro atoms. The molecular formula is C14H20BrNO2. The largest absolute Gasteiger partial charge is 0.466 e. The van der Waals surface area contributed by atoms with E-state index in [1.807, 2.05) is 0 Å². The summed E-state index contributed by atoms with van der Waals surface area (Å²) in [6, 6.07) is 6.20. The molecule has 18 heavy (non-hydrogen) atoms. The third kappa shape index (κ3) is 5.19. The lowest BCUT2D eigenvalue weighted by molar-refractivity contribution is -0.143. The van der Waals surface area contributed by atoms with Gasteiger partial charge in [-0.1, -0.05) is 28.1 Å². The quantitative estimate of drug-likeness (QED) is 0.821. The van der Waals surface area contributed by atoms with Gasteiger partial charge in [0.05, 0.1) is 6.61 Å². The standard InChI is InChI=1S/C14H20BrNO2/c1-3-18-14(17)7-6-12(16)9-11-5-4-10(2)8-13(11)15/h4-5,8,12H,3,6-7,9,16H2,1-2H3. The first-order valence-electron chi connectivity index (χ1n) is 6.19. The van der Waals surface area contributed by atoms with Gasteiger partial charge in [-0.2, -0.15) is 0 Å². The van der Waals surface area contributed by atoms with Crippen molar-refractivity contribution in [2.24, 2.45) is 5.73 Å². The minimum Gasteiger partial charge on any atom is -0.466 e. The van der Waals surface area contributed by atoms with Crippen molar-refractivity contribution < 1.29 is 9.53 Å². The molecule has 1 aromatic carbocycles. The third-order valence-electron chi connectivity index (χ3n) is 2.72. The zero-order valence-corrected chi connectivity index (χ0v) is 12.5. The fourth-order valence-corrected chi connectivity index (χ4v) is 2.39. The van der Waals surface area contributed by atoms with Crippen LogP contribution in [0.15, 0.2) is 22.7 Å². The fourth-order valence-electron chi connectivity index (χ4n) is 1.74. The molecule has 1 rings (SSSR count). The molecule has 0 fully saturated rings. The minimum atomic E-state index is -0.170. The molecule has 0 saturated carbocycles. The van der Waals surface area contributed by atoms with E-state index in [2.05, 4.69) is 41.1 Å². The molecule has 3 nitrogen and oxygen atoms in total. The van der Waals surface area contributed by atoms with Crippen molar-refractivity contribution >= 4 is 21.9 Å². The molecule has 0 aliphatic carbocycles. The number of benzene rings is 1. The summed E-state index contributed by atoms with van der Waals surface area (Å²) in [5.41, 5.74) is 8.42. The van der Waals surface area contributed by atoms with Crippen LogP contribution >= 0.6 is 15.9 Å². The zero-order chi connectivity index (χ0) is 13.5. The number of esters is 1. The van der Waals surface area contributed by atoms with Gasteiger partial charge < -0.3 is 10.5 Å². The number of halogens is 1. The van der Waals surface area contributed by atoms with Gasteiger partial charge in [-0.3, -0.25) is 4.79 Å². The summed E-state index contributed by atoms with van der Waals surface area (Å²) in [6.45, 7) is 4.29. The maximum Gasteiger partial charge on any atom is 0.305 e. The van der Waals surface area contributed by atoms with Crippen molar-refractivity contribution in [3.05, 3.63) is 33.8 Å². The van der Waals surface area contributed by atoms with Crippen LogP contribution in [0.4, 0.5) is 0 Å². The van der Waals surface area contributed by atoms with Crippen LogP contribution < -0.4 is 5.73 Å². The number of carbonyl (C=O) groups excluding carboxylic acids is 1.